The zero-order valence-corrected chi connectivity index (χ0v) is 17.6. The number of fused-ring (bicyclic) bond motifs is 1. The van der Waals surface area contributed by atoms with Gasteiger partial charge in [-0.1, -0.05) is 0 Å². The van der Waals surface area contributed by atoms with E-state index in [0.29, 0.717) is 35.8 Å². The van der Waals surface area contributed by atoms with Crippen molar-refractivity contribution in [3.63, 3.8) is 0 Å². The number of carbonyl (C=O) groups excluding carboxylic acids is 3. The van der Waals surface area contributed by atoms with Crippen LogP contribution in [-0.4, -0.2) is 52.6 Å². The summed E-state index contributed by atoms with van der Waals surface area (Å²) in [5, 5.41) is 22.1. The van der Waals surface area contributed by atoms with Crippen molar-refractivity contribution < 1.29 is 34.1 Å². The van der Waals surface area contributed by atoms with Crippen LogP contribution in [0.1, 0.15) is 46.9 Å². The highest BCUT2D eigenvalue weighted by Gasteiger charge is 2.27. The first-order valence-corrected chi connectivity index (χ1v) is 10.4. The van der Waals surface area contributed by atoms with Crippen molar-refractivity contribution in [1.82, 2.24) is 4.90 Å². The van der Waals surface area contributed by atoms with Gasteiger partial charge in [0.1, 0.15) is 11.5 Å². The summed E-state index contributed by atoms with van der Waals surface area (Å²) in [4.78, 5) is 39.2. The Kier molecular flexibility index (Phi) is 5.89. The Labute approximate surface area is 184 Å². The number of Topliss-reactive ketones (excluding diaryl/α,β-unsaturated/α-hetero) is 1. The topological polar surface area (TPSA) is 125 Å². The van der Waals surface area contributed by atoms with Crippen molar-refractivity contribution >= 4 is 23.3 Å². The van der Waals surface area contributed by atoms with Gasteiger partial charge >= 0.3 is 0 Å². The predicted octanol–water partition coefficient (Wildman–Crippen LogP) is 2.91. The Balaban J connectivity index is 1.42. The molecule has 4 rings (SSSR count). The summed E-state index contributed by atoms with van der Waals surface area (Å²) >= 11 is 0. The number of nitrogens with zero attached hydrogens (tertiary/aromatic N) is 1. The second-order valence-electron chi connectivity index (χ2n) is 8.06. The van der Waals surface area contributed by atoms with Crippen molar-refractivity contribution in [2.24, 2.45) is 5.92 Å². The Morgan fingerprint density at radius 1 is 1.06 bits per heavy atom. The number of anilines is 1. The van der Waals surface area contributed by atoms with Crippen LogP contribution in [0.4, 0.5) is 5.69 Å². The second-order valence-corrected chi connectivity index (χ2v) is 8.06. The van der Waals surface area contributed by atoms with Gasteiger partial charge in [-0.05, 0) is 43.9 Å². The third-order valence-electron chi connectivity index (χ3n) is 5.60. The molecule has 0 aromatic heterocycles. The molecule has 0 aliphatic carbocycles. The number of carbonyl (C=O) groups is 3. The molecule has 0 bridgehead atoms. The number of ketones is 1. The second kappa shape index (κ2) is 8.78. The van der Waals surface area contributed by atoms with Crippen LogP contribution < -0.4 is 14.8 Å². The molecular weight excluding hydrogens is 416 g/mol. The molecule has 0 spiro atoms. The normalized spacial score (nSPS) is 17.2. The molecular formula is C23H24N2O7. The first-order valence-electron chi connectivity index (χ1n) is 10.4. The third-order valence-corrected chi connectivity index (χ3v) is 5.60. The van der Waals surface area contributed by atoms with Crippen molar-refractivity contribution in [3.05, 3.63) is 41.5 Å². The van der Waals surface area contributed by atoms with Gasteiger partial charge in [-0.15, -0.1) is 0 Å². The Bertz CT molecular complexity index is 1060. The van der Waals surface area contributed by atoms with E-state index < -0.39 is 0 Å². The zero-order chi connectivity index (χ0) is 22.8. The van der Waals surface area contributed by atoms with Crippen LogP contribution in [0.2, 0.25) is 0 Å². The molecule has 2 aromatic carbocycles. The molecule has 1 fully saturated rings. The van der Waals surface area contributed by atoms with Crippen LogP contribution in [0, 0.1) is 5.92 Å². The number of likely N-dealkylation sites (tertiary alicyclic amines) is 1. The zero-order valence-electron chi connectivity index (χ0n) is 17.6. The van der Waals surface area contributed by atoms with Crippen LogP contribution >= 0.6 is 0 Å². The standard InChI is InChI=1S/C23H24N2O7/c1-13(26)18-9-20-21(32-12-31-20)10-19(18)24-22(29)5-14-3-2-4-25(11-14)23(30)15-6-16(27)8-17(28)7-15/h6-10,14,27-28H,2-5,11-12H2,1H3,(H,24,29). The first-order chi connectivity index (χ1) is 15.3. The Hall–Kier alpha value is -3.75. The number of aromatic hydroxyl groups is 2. The molecule has 32 heavy (non-hydrogen) atoms. The van der Waals surface area contributed by atoms with Crippen molar-refractivity contribution in [1.29, 1.82) is 0 Å². The number of ether oxygens (including phenoxy) is 2. The van der Waals surface area contributed by atoms with Crippen molar-refractivity contribution in [3.8, 4) is 23.0 Å². The fraction of sp³-hybridized carbons (Fsp3) is 0.348. The van der Waals surface area contributed by atoms with Crippen molar-refractivity contribution in [2.45, 2.75) is 26.2 Å². The van der Waals surface area contributed by atoms with E-state index in [1.807, 2.05) is 0 Å². The number of phenols is 2. The molecule has 3 N–H and O–H groups in total. The van der Waals surface area contributed by atoms with Crippen LogP contribution in [0.15, 0.2) is 30.3 Å². The lowest BCUT2D eigenvalue weighted by atomic mass is 9.93. The largest absolute Gasteiger partial charge is 0.508 e. The highest BCUT2D eigenvalue weighted by atomic mass is 16.7. The summed E-state index contributed by atoms with van der Waals surface area (Å²) in [5.74, 6) is -0.285. The van der Waals surface area contributed by atoms with Crippen LogP contribution in [0.5, 0.6) is 23.0 Å². The molecule has 1 atom stereocenters. The fourth-order valence-corrected chi connectivity index (χ4v) is 4.12. The molecule has 2 amide bonds. The maximum absolute atomic E-state index is 12.8. The minimum atomic E-state index is -0.309. The summed E-state index contributed by atoms with van der Waals surface area (Å²) in [6, 6.07) is 6.92. The van der Waals surface area contributed by atoms with E-state index in [0.717, 1.165) is 18.9 Å². The van der Waals surface area contributed by atoms with Gasteiger partial charge in [-0.2, -0.15) is 0 Å². The van der Waals surface area contributed by atoms with Gasteiger partial charge in [0.25, 0.3) is 5.91 Å². The maximum Gasteiger partial charge on any atom is 0.254 e. The molecule has 168 valence electrons. The number of phenolic OH excluding ortho intramolecular Hbond substituents is 2. The van der Waals surface area contributed by atoms with Crippen LogP contribution in [0.3, 0.4) is 0 Å². The molecule has 9 nitrogen and oxygen atoms in total. The Morgan fingerprint density at radius 3 is 2.44 bits per heavy atom. The molecule has 0 saturated carbocycles. The van der Waals surface area contributed by atoms with E-state index in [1.54, 1.807) is 17.0 Å². The van der Waals surface area contributed by atoms with E-state index >= 15 is 0 Å². The summed E-state index contributed by atoms with van der Waals surface area (Å²) in [6.07, 6.45) is 1.70. The number of piperidine rings is 1. The average Bonchev–Trinajstić information content (AvgIpc) is 3.19. The lowest BCUT2D eigenvalue weighted by molar-refractivity contribution is -0.117. The fourth-order valence-electron chi connectivity index (χ4n) is 4.12. The molecule has 2 aliphatic rings. The Morgan fingerprint density at radius 2 is 1.75 bits per heavy atom. The minimum absolute atomic E-state index is 0.0617. The predicted molar refractivity (Wildman–Crippen MR) is 114 cm³/mol. The molecule has 0 radical (unpaired) electrons. The van der Waals surface area contributed by atoms with E-state index in [-0.39, 0.29) is 53.8 Å². The van der Waals surface area contributed by atoms with Gasteiger partial charge in [0.15, 0.2) is 17.3 Å². The number of benzene rings is 2. The van der Waals surface area contributed by atoms with Crippen LogP contribution in [-0.2, 0) is 4.79 Å². The molecule has 2 aromatic rings. The first kappa shape index (κ1) is 21.5. The molecule has 9 heteroatoms. The maximum atomic E-state index is 12.8. The van der Waals surface area contributed by atoms with Gasteiger partial charge in [-0.3, -0.25) is 14.4 Å². The third kappa shape index (κ3) is 4.61. The smallest absolute Gasteiger partial charge is 0.254 e. The average molecular weight is 440 g/mol. The van der Waals surface area contributed by atoms with Crippen LogP contribution in [0.25, 0.3) is 0 Å². The highest BCUT2D eigenvalue weighted by Crippen LogP contribution is 2.37. The van der Waals surface area contributed by atoms with Gasteiger partial charge in [0, 0.05) is 42.8 Å². The highest BCUT2D eigenvalue weighted by molar-refractivity contribution is 6.04. The molecule has 2 aliphatic heterocycles. The number of amides is 2. The quantitative estimate of drug-likeness (QED) is 0.611. The summed E-state index contributed by atoms with van der Waals surface area (Å²) in [5.41, 5.74) is 0.900. The molecule has 1 saturated heterocycles. The minimum Gasteiger partial charge on any atom is -0.508 e. The number of hydrogen-bond donors (Lipinski definition) is 3. The lowest BCUT2D eigenvalue weighted by Crippen LogP contribution is -2.40. The van der Waals surface area contributed by atoms with Gasteiger partial charge < -0.3 is 29.9 Å². The van der Waals surface area contributed by atoms with Gasteiger partial charge in [0.2, 0.25) is 12.7 Å². The van der Waals surface area contributed by atoms with E-state index in [1.165, 1.54) is 19.1 Å². The lowest BCUT2D eigenvalue weighted by Gasteiger charge is -2.32. The summed E-state index contributed by atoms with van der Waals surface area (Å²) in [7, 11) is 0. The number of rotatable bonds is 5. The number of hydrogen-bond acceptors (Lipinski definition) is 7. The monoisotopic (exact) mass is 440 g/mol. The molecule has 2 heterocycles. The van der Waals surface area contributed by atoms with E-state index in [2.05, 4.69) is 5.32 Å². The summed E-state index contributed by atoms with van der Waals surface area (Å²) < 4.78 is 10.6. The number of nitrogens with one attached hydrogen (secondary N) is 1. The van der Waals surface area contributed by atoms with Crippen molar-refractivity contribution in [2.75, 3.05) is 25.2 Å². The summed E-state index contributed by atoms with van der Waals surface area (Å²) in [6.45, 7) is 2.39. The molecule has 1 unspecified atom stereocenters. The van der Waals surface area contributed by atoms with E-state index in [9.17, 15) is 24.6 Å². The SMILES string of the molecule is CC(=O)c1cc2c(cc1NC(=O)CC1CCCN(C(=O)c3cc(O)cc(O)c3)C1)OCO2. The van der Waals surface area contributed by atoms with Gasteiger partial charge in [0.05, 0.1) is 5.69 Å². The van der Waals surface area contributed by atoms with Gasteiger partial charge in [-0.25, -0.2) is 0 Å². The van der Waals surface area contributed by atoms with E-state index in [4.69, 9.17) is 9.47 Å².